The lowest BCUT2D eigenvalue weighted by atomic mass is 10.2. The number of rotatable bonds is 5. The number of benzene rings is 1. The molecule has 2 N–H and O–H groups in total. The van der Waals surface area contributed by atoms with Gasteiger partial charge in [0.05, 0.1) is 11.3 Å². The van der Waals surface area contributed by atoms with Crippen molar-refractivity contribution in [1.29, 1.82) is 0 Å². The molecule has 0 atom stereocenters. The first-order chi connectivity index (χ1) is 9.70. The number of hydrogen-bond acceptors (Lipinski definition) is 3. The summed E-state index contributed by atoms with van der Waals surface area (Å²) in [6.07, 6.45) is 3.25. The van der Waals surface area contributed by atoms with Crippen molar-refractivity contribution in [3.63, 3.8) is 0 Å². The average Bonchev–Trinajstić information content (AvgIpc) is 2.47. The van der Waals surface area contributed by atoms with E-state index in [1.165, 1.54) is 0 Å². The largest absolute Gasteiger partial charge is 0.385 e. The molecule has 4 nitrogen and oxygen atoms in total. The Morgan fingerprint density at radius 2 is 2.00 bits per heavy atom. The van der Waals surface area contributed by atoms with Crippen LogP contribution in [0, 0.1) is 0 Å². The molecule has 1 amide bonds. The van der Waals surface area contributed by atoms with Gasteiger partial charge in [-0.1, -0.05) is 28.1 Å². The van der Waals surface area contributed by atoms with Crippen LogP contribution in [0.1, 0.15) is 22.8 Å². The molecule has 20 heavy (non-hydrogen) atoms. The zero-order chi connectivity index (χ0) is 14.4. The molecule has 0 radical (unpaired) electrons. The molecule has 5 heteroatoms. The Kier molecular flexibility index (Phi) is 5.12. The van der Waals surface area contributed by atoms with E-state index in [1.54, 1.807) is 18.5 Å². The van der Waals surface area contributed by atoms with Crippen molar-refractivity contribution in [1.82, 2.24) is 10.3 Å². The number of nitrogens with zero attached hydrogens (tertiary/aromatic N) is 1. The highest BCUT2D eigenvalue weighted by Gasteiger charge is 2.10. The lowest BCUT2D eigenvalue weighted by Crippen LogP contribution is -2.24. The van der Waals surface area contributed by atoms with Gasteiger partial charge in [-0.05, 0) is 30.7 Å². The van der Waals surface area contributed by atoms with Crippen LogP contribution >= 0.6 is 15.9 Å². The summed E-state index contributed by atoms with van der Waals surface area (Å²) in [6.45, 7) is 3.24. The molecule has 2 rings (SSSR count). The number of carbonyl (C=O) groups is 1. The van der Waals surface area contributed by atoms with Gasteiger partial charge >= 0.3 is 0 Å². The second-order valence-electron chi connectivity index (χ2n) is 4.26. The van der Waals surface area contributed by atoms with Gasteiger partial charge in [-0.25, -0.2) is 0 Å². The Hall–Kier alpha value is -1.88. The van der Waals surface area contributed by atoms with Crippen LogP contribution in [0.2, 0.25) is 0 Å². The van der Waals surface area contributed by atoms with E-state index in [4.69, 9.17) is 0 Å². The minimum atomic E-state index is -0.128. The first-order valence-electron chi connectivity index (χ1n) is 6.41. The monoisotopic (exact) mass is 333 g/mol. The third-order valence-corrected chi connectivity index (χ3v) is 3.33. The van der Waals surface area contributed by atoms with Gasteiger partial charge in [0.2, 0.25) is 0 Å². The van der Waals surface area contributed by atoms with Crippen LogP contribution in [0.5, 0.6) is 0 Å². The molecule has 0 aliphatic carbocycles. The number of carbonyl (C=O) groups excluding carboxylic acids is 1. The third kappa shape index (κ3) is 3.81. The predicted molar refractivity (Wildman–Crippen MR) is 83.7 cm³/mol. The van der Waals surface area contributed by atoms with E-state index in [2.05, 4.69) is 31.5 Å². The predicted octanol–water partition coefficient (Wildman–Crippen LogP) is 3.21. The maximum absolute atomic E-state index is 12.2. The molecule has 0 unspecified atom stereocenters. The zero-order valence-corrected chi connectivity index (χ0v) is 12.8. The topological polar surface area (TPSA) is 54.0 Å². The van der Waals surface area contributed by atoms with Crippen LogP contribution in [0.15, 0.2) is 47.2 Å². The van der Waals surface area contributed by atoms with E-state index in [0.717, 1.165) is 22.3 Å². The Labute approximate surface area is 126 Å². The summed E-state index contributed by atoms with van der Waals surface area (Å²) >= 11 is 3.39. The maximum atomic E-state index is 12.2. The van der Waals surface area contributed by atoms with Gasteiger partial charge in [-0.3, -0.25) is 9.78 Å². The molecule has 0 spiro atoms. The van der Waals surface area contributed by atoms with Crippen molar-refractivity contribution in [3.8, 4) is 0 Å². The maximum Gasteiger partial charge on any atom is 0.255 e. The van der Waals surface area contributed by atoms with Crippen molar-refractivity contribution in [2.75, 3.05) is 11.9 Å². The molecule has 0 saturated heterocycles. The minimum absolute atomic E-state index is 0.128. The molecule has 0 saturated carbocycles. The number of aromatic nitrogens is 1. The van der Waals surface area contributed by atoms with E-state index < -0.39 is 0 Å². The second-order valence-corrected chi connectivity index (χ2v) is 5.18. The summed E-state index contributed by atoms with van der Waals surface area (Å²) in [5, 5.41) is 6.05. The quantitative estimate of drug-likeness (QED) is 0.883. The van der Waals surface area contributed by atoms with Gasteiger partial charge in [-0.2, -0.15) is 0 Å². The first kappa shape index (κ1) is 14.5. The van der Waals surface area contributed by atoms with E-state index in [-0.39, 0.29) is 5.91 Å². The van der Waals surface area contributed by atoms with Crippen LogP contribution in [-0.2, 0) is 6.54 Å². The zero-order valence-electron chi connectivity index (χ0n) is 11.2. The average molecular weight is 334 g/mol. The fourth-order valence-electron chi connectivity index (χ4n) is 1.80. The van der Waals surface area contributed by atoms with Crippen molar-refractivity contribution in [2.45, 2.75) is 13.5 Å². The van der Waals surface area contributed by atoms with Crippen molar-refractivity contribution < 1.29 is 4.79 Å². The molecule has 1 aromatic heterocycles. The van der Waals surface area contributed by atoms with Crippen molar-refractivity contribution in [2.24, 2.45) is 0 Å². The van der Waals surface area contributed by atoms with Gasteiger partial charge < -0.3 is 10.6 Å². The number of halogens is 1. The standard InChI is InChI=1S/C15H16BrN3O/c1-2-18-14-7-8-17-10-13(14)15(20)19-9-11-3-5-12(16)6-4-11/h3-8,10H,2,9H2,1H3,(H,17,18)(H,19,20). The van der Waals surface area contributed by atoms with Gasteiger partial charge in [0.1, 0.15) is 0 Å². The summed E-state index contributed by atoms with van der Waals surface area (Å²) in [5.74, 6) is -0.128. The molecular formula is C15H16BrN3O. The number of anilines is 1. The van der Waals surface area contributed by atoms with Crippen molar-refractivity contribution >= 4 is 27.5 Å². The van der Waals surface area contributed by atoms with Gasteiger partial charge in [0, 0.05) is 30.0 Å². The van der Waals surface area contributed by atoms with E-state index in [1.807, 2.05) is 31.2 Å². The minimum Gasteiger partial charge on any atom is -0.385 e. The SMILES string of the molecule is CCNc1ccncc1C(=O)NCc1ccc(Br)cc1. The molecule has 0 aliphatic heterocycles. The van der Waals surface area contributed by atoms with E-state index in [0.29, 0.717) is 12.1 Å². The normalized spacial score (nSPS) is 10.1. The lowest BCUT2D eigenvalue weighted by molar-refractivity contribution is 0.0951. The molecule has 1 aromatic carbocycles. The first-order valence-corrected chi connectivity index (χ1v) is 7.20. The molecule has 2 aromatic rings. The summed E-state index contributed by atoms with van der Waals surface area (Å²) in [6, 6.07) is 9.65. The summed E-state index contributed by atoms with van der Waals surface area (Å²) < 4.78 is 1.02. The molecule has 0 bridgehead atoms. The van der Waals surface area contributed by atoms with Crippen LogP contribution in [0.3, 0.4) is 0 Å². The number of amides is 1. The summed E-state index contributed by atoms with van der Waals surface area (Å²) in [7, 11) is 0. The summed E-state index contributed by atoms with van der Waals surface area (Å²) in [5.41, 5.74) is 2.41. The molecule has 0 aliphatic rings. The fraction of sp³-hybridized carbons (Fsp3) is 0.200. The second kappa shape index (κ2) is 7.05. The van der Waals surface area contributed by atoms with Gasteiger partial charge in [0.15, 0.2) is 0 Å². The van der Waals surface area contributed by atoms with Crippen LogP contribution in [0.25, 0.3) is 0 Å². The molecular weight excluding hydrogens is 318 g/mol. The lowest BCUT2D eigenvalue weighted by Gasteiger charge is -2.10. The van der Waals surface area contributed by atoms with Crippen LogP contribution < -0.4 is 10.6 Å². The van der Waals surface area contributed by atoms with Crippen LogP contribution in [-0.4, -0.2) is 17.4 Å². The molecule has 1 heterocycles. The highest BCUT2D eigenvalue weighted by molar-refractivity contribution is 9.10. The smallest absolute Gasteiger partial charge is 0.255 e. The van der Waals surface area contributed by atoms with Crippen LogP contribution in [0.4, 0.5) is 5.69 Å². The fourth-order valence-corrected chi connectivity index (χ4v) is 2.06. The third-order valence-electron chi connectivity index (χ3n) is 2.80. The highest BCUT2D eigenvalue weighted by Crippen LogP contribution is 2.14. The number of hydrogen-bond donors (Lipinski definition) is 2. The highest BCUT2D eigenvalue weighted by atomic mass is 79.9. The van der Waals surface area contributed by atoms with Gasteiger partial charge in [0.25, 0.3) is 5.91 Å². The Morgan fingerprint density at radius 1 is 1.25 bits per heavy atom. The van der Waals surface area contributed by atoms with E-state index in [9.17, 15) is 4.79 Å². The van der Waals surface area contributed by atoms with Crippen molar-refractivity contribution in [3.05, 3.63) is 58.3 Å². The van der Waals surface area contributed by atoms with E-state index >= 15 is 0 Å². The Morgan fingerprint density at radius 3 is 2.70 bits per heavy atom. The molecule has 0 fully saturated rings. The Balaban J connectivity index is 2.03. The molecule has 104 valence electrons. The van der Waals surface area contributed by atoms with Gasteiger partial charge in [-0.15, -0.1) is 0 Å². The number of pyridine rings is 1. The number of nitrogens with one attached hydrogen (secondary N) is 2. The summed E-state index contributed by atoms with van der Waals surface area (Å²) in [4.78, 5) is 16.2. The Bertz CT molecular complexity index is 584.